The summed E-state index contributed by atoms with van der Waals surface area (Å²) in [5, 5.41) is 16.8. The molecule has 1 saturated heterocycles. The van der Waals surface area contributed by atoms with Crippen molar-refractivity contribution in [3.8, 4) is 11.8 Å². The molecule has 2 aliphatic heterocycles. The van der Waals surface area contributed by atoms with Crippen molar-refractivity contribution in [2.75, 3.05) is 11.4 Å². The Morgan fingerprint density at radius 2 is 1.90 bits per heavy atom. The Hall–Kier alpha value is -3.30. The van der Waals surface area contributed by atoms with Crippen LogP contribution in [0.1, 0.15) is 58.9 Å². The molecule has 0 radical (unpaired) electrons. The van der Waals surface area contributed by atoms with Gasteiger partial charge >= 0.3 is 5.38 Å². The van der Waals surface area contributed by atoms with E-state index in [1.165, 1.54) is 28.0 Å². The third-order valence-electron chi connectivity index (χ3n) is 7.12. The van der Waals surface area contributed by atoms with E-state index in [1.54, 1.807) is 12.1 Å². The average molecular weight is 654 g/mol. The second-order valence-corrected chi connectivity index (χ2v) is 12.1. The average Bonchev–Trinajstić information content (AvgIpc) is 3.27. The van der Waals surface area contributed by atoms with Gasteiger partial charge < -0.3 is 19.9 Å². The number of H-pyrrole nitrogens is 1. The van der Waals surface area contributed by atoms with Crippen molar-refractivity contribution < 1.29 is 23.5 Å². The van der Waals surface area contributed by atoms with Crippen LogP contribution < -0.4 is 10.5 Å². The van der Waals surface area contributed by atoms with Gasteiger partial charge in [0.2, 0.25) is 5.91 Å². The van der Waals surface area contributed by atoms with Gasteiger partial charge in [0.15, 0.2) is 0 Å². The number of amides is 2. The number of benzene rings is 2. The molecule has 0 spiro atoms. The number of carbonyl (C=O) groups excluding carboxylic acids is 2. The topological polar surface area (TPSA) is 117 Å². The molecule has 14 heteroatoms. The molecule has 1 atom stereocenters. The lowest BCUT2D eigenvalue weighted by atomic mass is 9.99. The molecule has 8 nitrogen and oxygen atoms in total. The van der Waals surface area contributed by atoms with Crippen molar-refractivity contribution in [3.63, 3.8) is 0 Å². The number of aromatic amines is 1. The maximum atomic E-state index is 14.1. The van der Waals surface area contributed by atoms with Crippen LogP contribution in [0.25, 0.3) is 0 Å². The molecule has 218 valence electrons. The number of aromatic nitrogens is 1. The molecule has 2 amide bonds. The highest BCUT2D eigenvalue weighted by molar-refractivity contribution is 7.99. The van der Waals surface area contributed by atoms with E-state index in [0.717, 1.165) is 30.7 Å². The second kappa shape index (κ2) is 11.8. The van der Waals surface area contributed by atoms with Crippen molar-refractivity contribution in [3.05, 3.63) is 79.2 Å². The molecule has 0 bridgehead atoms. The van der Waals surface area contributed by atoms with Gasteiger partial charge in [-0.15, -0.1) is 0 Å². The number of anilines is 1. The number of halogens is 5. The highest BCUT2D eigenvalue weighted by Crippen LogP contribution is 2.45. The molecular formula is C28H21Cl3F2N4O4S. The van der Waals surface area contributed by atoms with E-state index in [1.807, 2.05) is 11.1 Å². The number of carbonyl (C=O) groups is 2. The summed E-state index contributed by atoms with van der Waals surface area (Å²) in [5.74, 6) is -1.16. The van der Waals surface area contributed by atoms with E-state index in [2.05, 4.69) is 0 Å². The van der Waals surface area contributed by atoms with E-state index >= 15 is 0 Å². The molecule has 0 aliphatic carbocycles. The zero-order chi connectivity index (χ0) is 30.3. The molecule has 3 heterocycles. The van der Waals surface area contributed by atoms with Crippen molar-refractivity contribution in [1.82, 2.24) is 9.88 Å². The number of nitrogens with zero attached hydrogens (tertiary/aromatic N) is 3. The molecular weight excluding hydrogens is 633 g/mol. The van der Waals surface area contributed by atoms with Crippen LogP contribution in [0.5, 0.6) is 5.75 Å². The summed E-state index contributed by atoms with van der Waals surface area (Å²) in [5.41, 5.74) is -1.23. The zero-order valence-corrected chi connectivity index (χ0v) is 24.7. The second-order valence-electron chi connectivity index (χ2n) is 9.76. The van der Waals surface area contributed by atoms with Crippen LogP contribution in [0.2, 0.25) is 10.0 Å². The Labute approximate surface area is 257 Å². The standard InChI is InChI=1S/C28H21Cl3F2N4O4S/c29-16-4-3-5-17(30)25(16)42-21-12-22(28(31,32)33)35-26(40)24(21)27(41)37-13-14-10-20(38)19(11-15(14)18(37)7-8-34)36-9-2-1-6-23(36)39/h3-5,10-12,18,38H,1-2,6-7,9,13H2,(H,35,40)/t18-/m1/s1. The quantitative estimate of drug-likeness (QED) is 0.278. The minimum absolute atomic E-state index is 0.0912. The smallest absolute Gasteiger partial charge is 0.362 e. The normalized spacial score (nSPS) is 16.9. The van der Waals surface area contributed by atoms with Crippen LogP contribution in [0.3, 0.4) is 0 Å². The van der Waals surface area contributed by atoms with Crippen molar-refractivity contribution in [2.45, 2.75) is 53.4 Å². The third kappa shape index (κ3) is 5.69. The fraction of sp³-hybridized carbons (Fsp3) is 0.286. The summed E-state index contributed by atoms with van der Waals surface area (Å²) < 4.78 is 28.2. The maximum Gasteiger partial charge on any atom is 0.362 e. The number of hydrogen-bond donors (Lipinski definition) is 2. The summed E-state index contributed by atoms with van der Waals surface area (Å²) in [6, 6.07) is 9.70. The third-order valence-corrected chi connectivity index (χ3v) is 9.36. The lowest BCUT2D eigenvalue weighted by Gasteiger charge is -2.28. The molecule has 42 heavy (non-hydrogen) atoms. The van der Waals surface area contributed by atoms with Crippen LogP contribution in [-0.2, 0) is 16.7 Å². The molecule has 2 N–H and O–H groups in total. The number of nitriles is 1. The van der Waals surface area contributed by atoms with Gasteiger partial charge in [0, 0.05) is 29.3 Å². The molecule has 0 saturated carbocycles. The highest BCUT2D eigenvalue weighted by Gasteiger charge is 2.39. The summed E-state index contributed by atoms with van der Waals surface area (Å²) >= 11 is 18.5. The largest absolute Gasteiger partial charge is 0.506 e. The number of hydrogen-bond acceptors (Lipinski definition) is 6. The van der Waals surface area contributed by atoms with E-state index in [0.29, 0.717) is 24.1 Å². The van der Waals surface area contributed by atoms with E-state index < -0.39 is 34.1 Å². The Bertz CT molecular complexity index is 1690. The van der Waals surface area contributed by atoms with Crippen LogP contribution in [0, 0.1) is 11.3 Å². The summed E-state index contributed by atoms with van der Waals surface area (Å²) in [4.78, 5) is 44.6. The number of phenolic OH excluding ortho intramolecular Hbond substituents is 1. The SMILES string of the molecule is N#CC[C@@H]1c2cc(N3CCCCC3=O)c(O)cc2CN1C(=O)c1c(Sc2c(Cl)cccc2Cl)cc(C(F)(F)Cl)[nH]c1=O. The molecule has 1 fully saturated rings. The van der Waals surface area contributed by atoms with Gasteiger partial charge in [-0.3, -0.25) is 14.4 Å². The van der Waals surface area contributed by atoms with Crippen LogP contribution in [0.15, 0.2) is 51.0 Å². The van der Waals surface area contributed by atoms with Crippen molar-refractivity contribution >= 4 is 64.1 Å². The Morgan fingerprint density at radius 3 is 2.55 bits per heavy atom. The number of nitrogens with one attached hydrogen (secondary N) is 1. The molecule has 1 aromatic heterocycles. The zero-order valence-electron chi connectivity index (χ0n) is 21.6. The summed E-state index contributed by atoms with van der Waals surface area (Å²) in [6.07, 6.45) is 1.65. The first kappa shape index (κ1) is 30.2. The fourth-order valence-electron chi connectivity index (χ4n) is 5.15. The number of alkyl halides is 3. The Kier molecular flexibility index (Phi) is 8.45. The first-order valence-electron chi connectivity index (χ1n) is 12.7. The number of aromatic hydroxyl groups is 1. The van der Waals surface area contributed by atoms with Crippen molar-refractivity contribution in [1.29, 1.82) is 5.26 Å². The van der Waals surface area contributed by atoms with E-state index in [4.69, 9.17) is 34.8 Å². The van der Waals surface area contributed by atoms with Crippen molar-refractivity contribution in [2.24, 2.45) is 0 Å². The summed E-state index contributed by atoms with van der Waals surface area (Å²) in [7, 11) is 0. The number of piperidine rings is 1. The maximum absolute atomic E-state index is 14.1. The van der Waals surface area contributed by atoms with Gasteiger partial charge in [0.1, 0.15) is 17.0 Å². The van der Waals surface area contributed by atoms with Gasteiger partial charge in [-0.1, -0.05) is 41.0 Å². The van der Waals surface area contributed by atoms with E-state index in [9.17, 15) is 33.5 Å². The fourth-order valence-corrected chi connectivity index (χ4v) is 6.89. The lowest BCUT2D eigenvalue weighted by molar-refractivity contribution is -0.119. The first-order chi connectivity index (χ1) is 19.9. The van der Waals surface area contributed by atoms with Gasteiger partial charge in [0.25, 0.3) is 11.5 Å². The van der Waals surface area contributed by atoms with Crippen LogP contribution in [0.4, 0.5) is 14.5 Å². The molecule has 2 aliphatic rings. The monoisotopic (exact) mass is 652 g/mol. The number of phenols is 1. The van der Waals surface area contributed by atoms with Crippen LogP contribution >= 0.6 is 46.6 Å². The van der Waals surface area contributed by atoms with Gasteiger partial charge in [-0.05, 0) is 65.9 Å². The minimum Gasteiger partial charge on any atom is -0.506 e. The first-order valence-corrected chi connectivity index (χ1v) is 14.7. The molecule has 3 aromatic rings. The van der Waals surface area contributed by atoms with Gasteiger partial charge in [0.05, 0.1) is 34.3 Å². The highest BCUT2D eigenvalue weighted by atomic mass is 35.5. The number of rotatable bonds is 6. The number of pyridine rings is 1. The van der Waals surface area contributed by atoms with Gasteiger partial charge in [-0.25, -0.2) is 0 Å². The van der Waals surface area contributed by atoms with Gasteiger partial charge in [-0.2, -0.15) is 14.0 Å². The predicted octanol–water partition coefficient (Wildman–Crippen LogP) is 6.95. The minimum atomic E-state index is -3.95. The lowest BCUT2D eigenvalue weighted by Crippen LogP contribution is -2.35. The predicted molar refractivity (Wildman–Crippen MR) is 155 cm³/mol. The Balaban J connectivity index is 1.59. The Morgan fingerprint density at radius 1 is 1.19 bits per heavy atom. The molecule has 2 aromatic carbocycles. The van der Waals surface area contributed by atoms with E-state index in [-0.39, 0.29) is 50.1 Å². The molecule has 0 unspecified atom stereocenters. The number of fused-ring (bicyclic) bond motifs is 1. The molecule has 5 rings (SSSR count). The van der Waals surface area contributed by atoms with Crippen LogP contribution in [-0.4, -0.2) is 33.3 Å². The summed E-state index contributed by atoms with van der Waals surface area (Å²) in [6.45, 7) is 0.320.